The van der Waals surface area contributed by atoms with E-state index >= 15 is 0 Å². The van der Waals surface area contributed by atoms with Crippen LogP contribution in [0.3, 0.4) is 0 Å². The van der Waals surface area contributed by atoms with Gasteiger partial charge in [0.2, 0.25) is 0 Å². The average molecular weight is 210 g/mol. The SMILES string of the molecule is O=C(c1ccc(F)cn1)N1CC[C@@H](O)C1. The molecule has 1 fully saturated rings. The highest BCUT2D eigenvalue weighted by Gasteiger charge is 2.25. The highest BCUT2D eigenvalue weighted by molar-refractivity contribution is 5.92. The maximum Gasteiger partial charge on any atom is 0.272 e. The van der Waals surface area contributed by atoms with Crippen molar-refractivity contribution in [3.05, 3.63) is 29.8 Å². The first-order valence-corrected chi connectivity index (χ1v) is 4.76. The van der Waals surface area contributed by atoms with Crippen molar-refractivity contribution in [1.29, 1.82) is 0 Å². The van der Waals surface area contributed by atoms with Gasteiger partial charge in [-0.15, -0.1) is 0 Å². The number of pyridine rings is 1. The zero-order chi connectivity index (χ0) is 10.8. The lowest BCUT2D eigenvalue weighted by Crippen LogP contribution is -2.30. The molecule has 80 valence electrons. The highest BCUT2D eigenvalue weighted by Crippen LogP contribution is 2.12. The summed E-state index contributed by atoms with van der Waals surface area (Å²) in [5, 5.41) is 9.27. The fourth-order valence-electron chi connectivity index (χ4n) is 1.59. The van der Waals surface area contributed by atoms with Crippen LogP contribution in [0.4, 0.5) is 4.39 Å². The molecule has 1 aliphatic heterocycles. The molecule has 0 unspecified atom stereocenters. The predicted octanol–water partition coefficient (Wildman–Crippen LogP) is 0.428. The van der Waals surface area contributed by atoms with Gasteiger partial charge in [-0.1, -0.05) is 0 Å². The summed E-state index contributed by atoms with van der Waals surface area (Å²) in [6.45, 7) is 0.858. The molecule has 0 spiro atoms. The van der Waals surface area contributed by atoms with E-state index in [-0.39, 0.29) is 11.6 Å². The Labute approximate surface area is 86.4 Å². The zero-order valence-corrected chi connectivity index (χ0v) is 8.06. The van der Waals surface area contributed by atoms with Crippen molar-refractivity contribution in [3.8, 4) is 0 Å². The van der Waals surface area contributed by atoms with Crippen LogP contribution in [-0.2, 0) is 0 Å². The molecule has 2 heterocycles. The van der Waals surface area contributed by atoms with E-state index in [9.17, 15) is 14.3 Å². The van der Waals surface area contributed by atoms with Gasteiger partial charge in [0, 0.05) is 13.1 Å². The van der Waals surface area contributed by atoms with E-state index in [1.54, 1.807) is 0 Å². The summed E-state index contributed by atoms with van der Waals surface area (Å²) in [6.07, 6.45) is 1.15. The monoisotopic (exact) mass is 210 g/mol. The van der Waals surface area contributed by atoms with E-state index in [0.717, 1.165) is 6.20 Å². The van der Waals surface area contributed by atoms with Crippen molar-refractivity contribution < 1.29 is 14.3 Å². The van der Waals surface area contributed by atoms with Gasteiger partial charge >= 0.3 is 0 Å². The molecule has 2 rings (SSSR count). The summed E-state index contributed by atoms with van der Waals surface area (Å²) in [7, 11) is 0. The molecular formula is C10H11FN2O2. The number of nitrogens with zero attached hydrogens (tertiary/aromatic N) is 2. The van der Waals surface area contributed by atoms with Crippen LogP contribution in [0.15, 0.2) is 18.3 Å². The third-order valence-electron chi connectivity index (χ3n) is 2.40. The fraction of sp³-hybridized carbons (Fsp3) is 0.400. The van der Waals surface area contributed by atoms with Gasteiger partial charge in [0.25, 0.3) is 5.91 Å². The Kier molecular flexibility index (Phi) is 2.64. The molecule has 1 aromatic rings. The van der Waals surface area contributed by atoms with Crippen LogP contribution < -0.4 is 0 Å². The molecule has 0 saturated carbocycles. The molecule has 4 nitrogen and oxygen atoms in total. The van der Waals surface area contributed by atoms with Gasteiger partial charge in [-0.25, -0.2) is 9.37 Å². The quantitative estimate of drug-likeness (QED) is 0.731. The minimum Gasteiger partial charge on any atom is -0.391 e. The van der Waals surface area contributed by atoms with Crippen LogP contribution in [0, 0.1) is 5.82 Å². The molecular weight excluding hydrogens is 199 g/mol. The normalized spacial score (nSPS) is 20.7. The largest absolute Gasteiger partial charge is 0.391 e. The highest BCUT2D eigenvalue weighted by atomic mass is 19.1. The van der Waals surface area contributed by atoms with Crippen molar-refractivity contribution in [2.45, 2.75) is 12.5 Å². The van der Waals surface area contributed by atoms with Gasteiger partial charge in [0.1, 0.15) is 11.5 Å². The first-order chi connectivity index (χ1) is 7.16. The number of hydrogen-bond donors (Lipinski definition) is 1. The summed E-state index contributed by atoms with van der Waals surface area (Å²) < 4.78 is 12.6. The van der Waals surface area contributed by atoms with Gasteiger partial charge in [0.05, 0.1) is 12.3 Å². The number of aliphatic hydroxyl groups is 1. The number of aliphatic hydroxyl groups excluding tert-OH is 1. The lowest BCUT2D eigenvalue weighted by molar-refractivity contribution is 0.0759. The van der Waals surface area contributed by atoms with Crippen LogP contribution in [0.2, 0.25) is 0 Å². The van der Waals surface area contributed by atoms with Crippen LogP contribution in [0.5, 0.6) is 0 Å². The molecule has 0 radical (unpaired) electrons. The minimum atomic E-state index is -0.465. The molecule has 15 heavy (non-hydrogen) atoms. The Bertz CT molecular complexity index is 366. The standard InChI is InChI=1S/C10H11FN2O2/c11-7-1-2-9(12-5-7)10(15)13-4-3-8(14)6-13/h1-2,5,8,14H,3-4,6H2/t8-/m1/s1. The van der Waals surface area contributed by atoms with Gasteiger partial charge in [-0.2, -0.15) is 0 Å². The maximum absolute atomic E-state index is 12.6. The molecule has 1 saturated heterocycles. The summed E-state index contributed by atoms with van der Waals surface area (Å²) in [5.41, 5.74) is 0.213. The molecule has 1 atom stereocenters. The molecule has 1 aromatic heterocycles. The average Bonchev–Trinajstić information content (AvgIpc) is 2.65. The second kappa shape index (κ2) is 3.94. The van der Waals surface area contributed by atoms with Crippen molar-refractivity contribution in [3.63, 3.8) is 0 Å². The number of likely N-dealkylation sites (tertiary alicyclic amines) is 1. The lowest BCUT2D eigenvalue weighted by Gasteiger charge is -2.14. The Balaban J connectivity index is 2.11. The van der Waals surface area contributed by atoms with Gasteiger partial charge in [-0.3, -0.25) is 4.79 Å². The molecule has 0 aliphatic carbocycles. The second-order valence-corrected chi connectivity index (χ2v) is 3.56. The van der Waals surface area contributed by atoms with Crippen molar-refractivity contribution in [2.24, 2.45) is 0 Å². The van der Waals surface area contributed by atoms with E-state index in [2.05, 4.69) is 4.98 Å². The smallest absolute Gasteiger partial charge is 0.272 e. The Morgan fingerprint density at radius 3 is 2.93 bits per heavy atom. The number of carbonyl (C=O) groups is 1. The van der Waals surface area contributed by atoms with Crippen LogP contribution >= 0.6 is 0 Å². The van der Waals surface area contributed by atoms with Gasteiger partial charge in [0.15, 0.2) is 0 Å². The number of rotatable bonds is 1. The number of hydrogen-bond acceptors (Lipinski definition) is 3. The van der Waals surface area contributed by atoms with Crippen molar-refractivity contribution >= 4 is 5.91 Å². The molecule has 1 N–H and O–H groups in total. The van der Waals surface area contributed by atoms with E-state index in [0.29, 0.717) is 19.5 Å². The predicted molar refractivity (Wildman–Crippen MR) is 50.7 cm³/mol. The zero-order valence-electron chi connectivity index (χ0n) is 8.06. The summed E-state index contributed by atoms with van der Waals surface area (Å²) >= 11 is 0. The van der Waals surface area contributed by atoms with Crippen molar-refractivity contribution in [1.82, 2.24) is 9.88 Å². The summed E-state index contributed by atoms with van der Waals surface area (Å²) in [5.74, 6) is -0.723. The van der Waals surface area contributed by atoms with Crippen LogP contribution in [-0.4, -0.2) is 40.1 Å². The van der Waals surface area contributed by atoms with E-state index < -0.39 is 11.9 Å². The minimum absolute atomic E-state index is 0.213. The maximum atomic E-state index is 12.6. The van der Waals surface area contributed by atoms with Crippen molar-refractivity contribution in [2.75, 3.05) is 13.1 Å². The first-order valence-electron chi connectivity index (χ1n) is 4.76. The first kappa shape index (κ1) is 10.0. The van der Waals surface area contributed by atoms with Crippen LogP contribution in [0.1, 0.15) is 16.9 Å². The number of carbonyl (C=O) groups excluding carboxylic acids is 1. The molecule has 0 aromatic carbocycles. The molecule has 0 bridgehead atoms. The molecule has 1 amide bonds. The lowest BCUT2D eigenvalue weighted by atomic mass is 10.3. The fourth-order valence-corrected chi connectivity index (χ4v) is 1.59. The summed E-state index contributed by atoms with van der Waals surface area (Å²) in [4.78, 5) is 17.0. The van der Waals surface area contributed by atoms with Crippen LogP contribution in [0.25, 0.3) is 0 Å². The number of β-amino-alcohol motifs (C(OH)–C–C–N with tert-alkyl or cyclic N) is 1. The van der Waals surface area contributed by atoms with E-state index in [1.807, 2.05) is 0 Å². The Morgan fingerprint density at radius 1 is 1.60 bits per heavy atom. The second-order valence-electron chi connectivity index (χ2n) is 3.56. The third-order valence-corrected chi connectivity index (χ3v) is 2.40. The van der Waals surface area contributed by atoms with Gasteiger partial charge < -0.3 is 10.0 Å². The van der Waals surface area contributed by atoms with E-state index in [4.69, 9.17) is 0 Å². The number of aromatic nitrogens is 1. The Morgan fingerprint density at radius 2 is 2.40 bits per heavy atom. The topological polar surface area (TPSA) is 53.4 Å². The third kappa shape index (κ3) is 2.12. The Hall–Kier alpha value is -1.49. The number of halogens is 1. The molecule has 5 heteroatoms. The van der Waals surface area contributed by atoms with Gasteiger partial charge in [-0.05, 0) is 18.6 Å². The summed E-state index contributed by atoms with van der Waals surface area (Å²) in [6, 6.07) is 2.55. The van der Waals surface area contributed by atoms with E-state index in [1.165, 1.54) is 17.0 Å². The number of amides is 1. The molecule has 1 aliphatic rings.